The predicted octanol–water partition coefficient (Wildman–Crippen LogP) is 4.99. The monoisotopic (exact) mass is 521 g/mol. The van der Waals surface area contributed by atoms with Crippen molar-refractivity contribution in [2.45, 2.75) is 18.5 Å². The van der Waals surface area contributed by atoms with E-state index in [1.807, 2.05) is 42.5 Å². The minimum atomic E-state index is -0.409. The SMILES string of the molecule is CN1CCC2(CC1)N=C(SCC(=O)Nc1cccc3cccnc13)C(c1ccc(Br)cc1)=N2. The van der Waals surface area contributed by atoms with Gasteiger partial charge in [-0.1, -0.05) is 58.0 Å². The number of pyridine rings is 1. The molecule has 1 fully saturated rings. The van der Waals surface area contributed by atoms with Crippen LogP contribution in [0.3, 0.4) is 0 Å². The number of para-hydroxylation sites is 1. The molecular formula is C25H24BrN5OS. The number of carbonyl (C=O) groups is 1. The van der Waals surface area contributed by atoms with Crippen LogP contribution in [0.15, 0.2) is 75.3 Å². The van der Waals surface area contributed by atoms with Gasteiger partial charge in [0.25, 0.3) is 0 Å². The molecule has 1 amide bonds. The number of carbonyl (C=O) groups excluding carboxylic acids is 1. The highest BCUT2D eigenvalue weighted by Gasteiger charge is 2.39. The summed E-state index contributed by atoms with van der Waals surface area (Å²) in [7, 11) is 2.13. The van der Waals surface area contributed by atoms with Gasteiger partial charge in [-0.25, -0.2) is 4.99 Å². The third-order valence-electron chi connectivity index (χ3n) is 5.98. The molecule has 0 atom stereocenters. The van der Waals surface area contributed by atoms with Gasteiger partial charge < -0.3 is 10.2 Å². The maximum atomic E-state index is 12.8. The Bertz CT molecular complexity index is 1240. The molecule has 3 heterocycles. The summed E-state index contributed by atoms with van der Waals surface area (Å²) in [5.74, 6) is 0.175. The molecule has 0 saturated carbocycles. The van der Waals surface area contributed by atoms with Crippen LogP contribution in [0.4, 0.5) is 5.69 Å². The number of thioether (sulfide) groups is 1. The van der Waals surface area contributed by atoms with Gasteiger partial charge in [-0.3, -0.25) is 14.8 Å². The van der Waals surface area contributed by atoms with Crippen molar-refractivity contribution in [2.24, 2.45) is 9.98 Å². The lowest BCUT2D eigenvalue weighted by Gasteiger charge is -2.33. The first kappa shape index (κ1) is 22.3. The van der Waals surface area contributed by atoms with Crippen LogP contribution in [0.5, 0.6) is 0 Å². The van der Waals surface area contributed by atoms with Gasteiger partial charge in [0.2, 0.25) is 5.91 Å². The van der Waals surface area contributed by atoms with Crippen LogP contribution in [0.25, 0.3) is 10.9 Å². The Kier molecular flexibility index (Phi) is 6.32. The summed E-state index contributed by atoms with van der Waals surface area (Å²) in [6, 6.07) is 17.8. The number of rotatable bonds is 4. The molecule has 3 aromatic rings. The van der Waals surface area contributed by atoms with Gasteiger partial charge in [0, 0.05) is 47.6 Å². The fourth-order valence-electron chi connectivity index (χ4n) is 4.14. The molecule has 33 heavy (non-hydrogen) atoms. The number of hydrogen-bond donors (Lipinski definition) is 1. The van der Waals surface area contributed by atoms with E-state index in [0.717, 1.165) is 63.3 Å². The zero-order chi connectivity index (χ0) is 22.8. The number of piperidine rings is 1. The minimum absolute atomic E-state index is 0.0830. The van der Waals surface area contributed by atoms with Crippen LogP contribution < -0.4 is 5.32 Å². The molecule has 0 radical (unpaired) electrons. The maximum Gasteiger partial charge on any atom is 0.234 e. The molecule has 5 rings (SSSR count). The van der Waals surface area contributed by atoms with Gasteiger partial charge in [0.15, 0.2) is 5.66 Å². The molecule has 1 spiro atoms. The van der Waals surface area contributed by atoms with E-state index in [9.17, 15) is 4.79 Å². The minimum Gasteiger partial charge on any atom is -0.323 e. The summed E-state index contributed by atoms with van der Waals surface area (Å²) in [4.78, 5) is 29.8. The van der Waals surface area contributed by atoms with E-state index in [0.29, 0.717) is 0 Å². The molecule has 0 bridgehead atoms. The van der Waals surface area contributed by atoms with Crippen molar-refractivity contribution in [3.05, 3.63) is 70.8 Å². The lowest BCUT2D eigenvalue weighted by atomic mass is 9.99. The van der Waals surface area contributed by atoms with Crippen LogP contribution in [0, 0.1) is 0 Å². The number of aromatic nitrogens is 1. The highest BCUT2D eigenvalue weighted by molar-refractivity contribution is 9.10. The van der Waals surface area contributed by atoms with E-state index < -0.39 is 5.66 Å². The Morgan fingerprint density at radius 3 is 2.64 bits per heavy atom. The van der Waals surface area contributed by atoms with Crippen molar-refractivity contribution in [1.29, 1.82) is 0 Å². The average Bonchev–Trinajstić information content (AvgIpc) is 3.19. The third kappa shape index (κ3) is 4.88. The van der Waals surface area contributed by atoms with Crippen molar-refractivity contribution in [2.75, 3.05) is 31.2 Å². The molecule has 2 aliphatic heterocycles. The van der Waals surface area contributed by atoms with Gasteiger partial charge in [-0.05, 0) is 31.3 Å². The summed E-state index contributed by atoms with van der Waals surface area (Å²) in [5.41, 5.74) is 3.02. The number of nitrogens with one attached hydrogen (secondary N) is 1. The summed E-state index contributed by atoms with van der Waals surface area (Å²) in [6.07, 6.45) is 3.52. The Balaban J connectivity index is 1.34. The summed E-state index contributed by atoms with van der Waals surface area (Å²) in [5, 5.41) is 4.86. The van der Waals surface area contributed by atoms with E-state index in [-0.39, 0.29) is 11.7 Å². The molecule has 1 saturated heterocycles. The van der Waals surface area contributed by atoms with Crippen LogP contribution >= 0.6 is 27.7 Å². The van der Waals surface area contributed by atoms with E-state index in [1.54, 1.807) is 6.20 Å². The Morgan fingerprint density at radius 2 is 1.85 bits per heavy atom. The molecule has 2 aliphatic rings. The normalized spacial score (nSPS) is 17.8. The molecular weight excluding hydrogens is 498 g/mol. The van der Waals surface area contributed by atoms with Crippen molar-refractivity contribution >= 4 is 60.9 Å². The highest BCUT2D eigenvalue weighted by Crippen LogP contribution is 2.35. The van der Waals surface area contributed by atoms with E-state index in [1.165, 1.54) is 11.8 Å². The number of fused-ring (bicyclic) bond motifs is 1. The van der Waals surface area contributed by atoms with E-state index in [4.69, 9.17) is 9.98 Å². The molecule has 1 N–H and O–H groups in total. The number of hydrogen-bond acceptors (Lipinski definition) is 6. The molecule has 0 unspecified atom stereocenters. The molecule has 6 nitrogen and oxygen atoms in total. The number of likely N-dealkylation sites (tertiary alicyclic amines) is 1. The van der Waals surface area contributed by atoms with E-state index in [2.05, 4.69) is 50.3 Å². The largest absolute Gasteiger partial charge is 0.323 e. The van der Waals surface area contributed by atoms with Crippen LogP contribution in [-0.4, -0.2) is 58.1 Å². The fourth-order valence-corrected chi connectivity index (χ4v) is 5.28. The van der Waals surface area contributed by atoms with Crippen LogP contribution in [0.1, 0.15) is 18.4 Å². The van der Waals surface area contributed by atoms with Gasteiger partial charge >= 0.3 is 0 Å². The van der Waals surface area contributed by atoms with Crippen LogP contribution in [-0.2, 0) is 4.79 Å². The first-order valence-corrected chi connectivity index (χ1v) is 12.7. The number of nitrogens with zero attached hydrogens (tertiary/aromatic N) is 4. The molecule has 2 aromatic carbocycles. The number of halogens is 1. The second kappa shape index (κ2) is 9.37. The standard InChI is InChI=1S/C25H24BrN5OS/c1-31-14-11-25(12-15-31)29-23(18-7-9-19(26)10-8-18)24(30-25)33-16-21(32)28-20-6-2-4-17-5-3-13-27-22(17)20/h2-10,13H,11-12,14-16H2,1H3,(H,28,32). The quantitative estimate of drug-likeness (QED) is 0.524. The zero-order valence-corrected chi connectivity index (χ0v) is 20.7. The van der Waals surface area contributed by atoms with Crippen molar-refractivity contribution in [3.8, 4) is 0 Å². The Morgan fingerprint density at radius 1 is 1.09 bits per heavy atom. The van der Waals surface area contributed by atoms with Gasteiger partial charge in [-0.2, -0.15) is 0 Å². The Labute approximate surface area is 205 Å². The zero-order valence-electron chi connectivity index (χ0n) is 18.3. The van der Waals surface area contributed by atoms with E-state index >= 15 is 0 Å². The second-order valence-corrected chi connectivity index (χ2v) is 10.3. The lowest BCUT2D eigenvalue weighted by molar-refractivity contribution is -0.113. The highest BCUT2D eigenvalue weighted by atomic mass is 79.9. The number of amides is 1. The Hall–Kier alpha value is -2.55. The summed E-state index contributed by atoms with van der Waals surface area (Å²) >= 11 is 4.96. The molecule has 168 valence electrons. The summed E-state index contributed by atoms with van der Waals surface area (Å²) < 4.78 is 1.02. The number of aliphatic imine (C=N–C) groups is 2. The first-order chi connectivity index (χ1) is 16.0. The molecule has 1 aromatic heterocycles. The molecule has 0 aliphatic carbocycles. The maximum absolute atomic E-state index is 12.8. The van der Waals surface area contributed by atoms with Crippen molar-refractivity contribution in [3.63, 3.8) is 0 Å². The summed E-state index contributed by atoms with van der Waals surface area (Å²) in [6.45, 7) is 1.93. The fraction of sp³-hybridized carbons (Fsp3) is 0.280. The van der Waals surface area contributed by atoms with Crippen LogP contribution in [0.2, 0.25) is 0 Å². The van der Waals surface area contributed by atoms with Gasteiger partial charge in [0.05, 0.1) is 22.7 Å². The van der Waals surface area contributed by atoms with Gasteiger partial charge in [-0.15, -0.1) is 0 Å². The predicted molar refractivity (Wildman–Crippen MR) is 140 cm³/mol. The van der Waals surface area contributed by atoms with Gasteiger partial charge in [0.1, 0.15) is 5.04 Å². The third-order valence-corrected chi connectivity index (χ3v) is 7.48. The molecule has 8 heteroatoms. The second-order valence-electron chi connectivity index (χ2n) is 8.39. The smallest absolute Gasteiger partial charge is 0.234 e. The average molecular weight is 522 g/mol. The first-order valence-electron chi connectivity index (χ1n) is 10.9. The number of benzene rings is 2. The number of anilines is 1. The van der Waals surface area contributed by atoms with Crippen molar-refractivity contribution in [1.82, 2.24) is 9.88 Å². The lowest BCUT2D eigenvalue weighted by Crippen LogP contribution is -2.39. The topological polar surface area (TPSA) is 70.0 Å². The van der Waals surface area contributed by atoms with Crippen molar-refractivity contribution < 1.29 is 4.79 Å².